The van der Waals surface area contributed by atoms with Crippen molar-refractivity contribution < 1.29 is 4.74 Å². The SMILES string of the molecule is C1CCC2(CC1)CC(NCC1CCC1)CCO2. The molecule has 1 atom stereocenters. The maximum Gasteiger partial charge on any atom is 0.0697 e. The maximum atomic E-state index is 6.14. The number of ether oxygens (including phenoxy) is 1. The van der Waals surface area contributed by atoms with Crippen molar-refractivity contribution in [2.24, 2.45) is 5.92 Å². The van der Waals surface area contributed by atoms with Crippen molar-refractivity contribution in [1.82, 2.24) is 5.32 Å². The molecule has 1 aliphatic heterocycles. The van der Waals surface area contributed by atoms with E-state index in [2.05, 4.69) is 5.32 Å². The predicted molar refractivity (Wildman–Crippen MR) is 70.1 cm³/mol. The van der Waals surface area contributed by atoms with E-state index in [-0.39, 0.29) is 5.60 Å². The third kappa shape index (κ3) is 2.85. The monoisotopic (exact) mass is 237 g/mol. The van der Waals surface area contributed by atoms with Gasteiger partial charge in [-0.2, -0.15) is 0 Å². The zero-order chi connectivity index (χ0) is 11.6. The lowest BCUT2D eigenvalue weighted by atomic mass is 9.78. The lowest BCUT2D eigenvalue weighted by Crippen LogP contribution is -2.49. The molecular formula is C15H27NO. The molecule has 2 heteroatoms. The topological polar surface area (TPSA) is 21.3 Å². The zero-order valence-electron chi connectivity index (χ0n) is 11.0. The smallest absolute Gasteiger partial charge is 0.0697 e. The summed E-state index contributed by atoms with van der Waals surface area (Å²) in [6.07, 6.45) is 13.7. The summed E-state index contributed by atoms with van der Waals surface area (Å²) in [5.74, 6) is 0.986. The first-order chi connectivity index (χ1) is 8.36. The fraction of sp³-hybridized carbons (Fsp3) is 1.00. The Hall–Kier alpha value is -0.0800. The van der Waals surface area contributed by atoms with Crippen LogP contribution in [0.5, 0.6) is 0 Å². The predicted octanol–water partition coefficient (Wildman–Crippen LogP) is 3.26. The van der Waals surface area contributed by atoms with Gasteiger partial charge in [0.2, 0.25) is 0 Å². The highest BCUT2D eigenvalue weighted by atomic mass is 16.5. The van der Waals surface area contributed by atoms with E-state index in [9.17, 15) is 0 Å². The summed E-state index contributed by atoms with van der Waals surface area (Å²) in [6.45, 7) is 2.25. The summed E-state index contributed by atoms with van der Waals surface area (Å²) >= 11 is 0. The van der Waals surface area contributed by atoms with Gasteiger partial charge in [0.1, 0.15) is 0 Å². The van der Waals surface area contributed by atoms with Gasteiger partial charge in [-0.3, -0.25) is 0 Å². The fourth-order valence-corrected chi connectivity index (χ4v) is 3.78. The summed E-state index contributed by atoms with van der Waals surface area (Å²) in [6, 6.07) is 0.738. The second-order valence-corrected chi connectivity index (χ2v) is 6.49. The van der Waals surface area contributed by atoms with Gasteiger partial charge >= 0.3 is 0 Å². The summed E-state index contributed by atoms with van der Waals surface area (Å²) in [7, 11) is 0. The fourth-order valence-electron chi connectivity index (χ4n) is 3.78. The van der Waals surface area contributed by atoms with Crippen molar-refractivity contribution in [2.75, 3.05) is 13.2 Å². The molecular weight excluding hydrogens is 210 g/mol. The molecule has 0 aromatic carbocycles. The highest BCUT2D eigenvalue weighted by molar-refractivity contribution is 4.92. The molecule has 0 amide bonds. The van der Waals surface area contributed by atoms with Gasteiger partial charge in [0.25, 0.3) is 0 Å². The van der Waals surface area contributed by atoms with Gasteiger partial charge in [-0.25, -0.2) is 0 Å². The van der Waals surface area contributed by atoms with E-state index in [0.29, 0.717) is 0 Å². The van der Waals surface area contributed by atoms with Crippen LogP contribution in [0.2, 0.25) is 0 Å². The van der Waals surface area contributed by atoms with E-state index < -0.39 is 0 Å². The molecule has 1 N–H and O–H groups in total. The molecule has 1 spiro atoms. The van der Waals surface area contributed by atoms with Gasteiger partial charge in [0.05, 0.1) is 5.60 Å². The molecule has 0 aromatic heterocycles. The average Bonchev–Trinajstić information content (AvgIpc) is 2.28. The van der Waals surface area contributed by atoms with Crippen LogP contribution in [0.4, 0.5) is 0 Å². The molecule has 2 saturated carbocycles. The van der Waals surface area contributed by atoms with Gasteiger partial charge in [-0.1, -0.05) is 25.7 Å². The van der Waals surface area contributed by atoms with Crippen LogP contribution < -0.4 is 5.32 Å². The largest absolute Gasteiger partial charge is 0.375 e. The van der Waals surface area contributed by atoms with Crippen LogP contribution in [0.1, 0.15) is 64.2 Å². The van der Waals surface area contributed by atoms with Crippen molar-refractivity contribution in [2.45, 2.75) is 75.9 Å². The first-order valence-electron chi connectivity index (χ1n) is 7.74. The molecule has 3 aliphatic rings. The zero-order valence-corrected chi connectivity index (χ0v) is 11.0. The Balaban J connectivity index is 1.48. The number of rotatable bonds is 3. The van der Waals surface area contributed by atoms with E-state index in [0.717, 1.165) is 18.6 Å². The lowest BCUT2D eigenvalue weighted by Gasteiger charge is -2.44. The Labute approximate surface area is 105 Å². The molecule has 2 nitrogen and oxygen atoms in total. The first kappa shape index (κ1) is 12.0. The van der Waals surface area contributed by atoms with E-state index in [1.165, 1.54) is 70.8 Å². The van der Waals surface area contributed by atoms with E-state index in [1.807, 2.05) is 0 Å². The van der Waals surface area contributed by atoms with Crippen LogP contribution in [-0.4, -0.2) is 24.8 Å². The quantitative estimate of drug-likeness (QED) is 0.813. The second kappa shape index (κ2) is 5.27. The Morgan fingerprint density at radius 1 is 1.00 bits per heavy atom. The maximum absolute atomic E-state index is 6.14. The summed E-state index contributed by atoms with van der Waals surface area (Å²) < 4.78 is 6.14. The normalized spacial score (nSPS) is 33.5. The summed E-state index contributed by atoms with van der Waals surface area (Å²) in [5.41, 5.74) is 0.272. The first-order valence-corrected chi connectivity index (χ1v) is 7.74. The van der Waals surface area contributed by atoms with Gasteiger partial charge < -0.3 is 10.1 Å². The lowest BCUT2D eigenvalue weighted by molar-refractivity contribution is -0.109. The average molecular weight is 237 g/mol. The Morgan fingerprint density at radius 3 is 2.53 bits per heavy atom. The molecule has 0 aromatic rings. The number of hydrogen-bond acceptors (Lipinski definition) is 2. The molecule has 1 heterocycles. The molecule has 3 fully saturated rings. The third-order valence-corrected chi connectivity index (χ3v) is 5.18. The third-order valence-electron chi connectivity index (χ3n) is 5.18. The van der Waals surface area contributed by atoms with E-state index in [1.54, 1.807) is 0 Å². The van der Waals surface area contributed by atoms with Crippen LogP contribution in [0.25, 0.3) is 0 Å². The van der Waals surface area contributed by atoms with Crippen LogP contribution in [0, 0.1) is 5.92 Å². The molecule has 0 bridgehead atoms. The van der Waals surface area contributed by atoms with Crippen molar-refractivity contribution >= 4 is 0 Å². The highest BCUT2D eigenvalue weighted by Crippen LogP contribution is 2.38. The number of hydrogen-bond donors (Lipinski definition) is 1. The molecule has 98 valence electrons. The molecule has 0 radical (unpaired) electrons. The van der Waals surface area contributed by atoms with Crippen molar-refractivity contribution in [3.8, 4) is 0 Å². The van der Waals surface area contributed by atoms with Gasteiger partial charge in [-0.05, 0) is 51.0 Å². The van der Waals surface area contributed by atoms with Crippen LogP contribution in [-0.2, 0) is 4.74 Å². The van der Waals surface area contributed by atoms with Crippen molar-refractivity contribution in [1.29, 1.82) is 0 Å². The van der Waals surface area contributed by atoms with E-state index in [4.69, 9.17) is 4.74 Å². The Morgan fingerprint density at radius 2 is 1.82 bits per heavy atom. The molecule has 1 saturated heterocycles. The van der Waals surface area contributed by atoms with Gasteiger partial charge in [0, 0.05) is 12.6 Å². The van der Waals surface area contributed by atoms with Gasteiger partial charge in [0.15, 0.2) is 0 Å². The molecule has 17 heavy (non-hydrogen) atoms. The summed E-state index contributed by atoms with van der Waals surface area (Å²) in [4.78, 5) is 0. The van der Waals surface area contributed by atoms with Crippen LogP contribution in [0.3, 0.4) is 0 Å². The minimum absolute atomic E-state index is 0.272. The minimum Gasteiger partial charge on any atom is -0.375 e. The number of nitrogens with one attached hydrogen (secondary N) is 1. The standard InChI is InChI=1S/C15H27NO/c1-2-8-15(9-3-1)11-14(7-10-17-15)16-12-13-5-4-6-13/h13-14,16H,1-12H2. The Bertz CT molecular complexity index is 238. The summed E-state index contributed by atoms with van der Waals surface area (Å²) in [5, 5.41) is 3.82. The van der Waals surface area contributed by atoms with Crippen molar-refractivity contribution in [3.05, 3.63) is 0 Å². The molecule has 3 rings (SSSR count). The van der Waals surface area contributed by atoms with Crippen molar-refractivity contribution in [3.63, 3.8) is 0 Å². The molecule has 2 aliphatic carbocycles. The van der Waals surface area contributed by atoms with Crippen LogP contribution >= 0.6 is 0 Å². The minimum atomic E-state index is 0.272. The Kier molecular flexibility index (Phi) is 3.72. The van der Waals surface area contributed by atoms with Gasteiger partial charge in [-0.15, -0.1) is 0 Å². The second-order valence-electron chi connectivity index (χ2n) is 6.49. The molecule has 1 unspecified atom stereocenters. The van der Waals surface area contributed by atoms with Crippen LogP contribution in [0.15, 0.2) is 0 Å². The van der Waals surface area contributed by atoms with E-state index >= 15 is 0 Å². The highest BCUT2D eigenvalue weighted by Gasteiger charge is 2.38.